The van der Waals surface area contributed by atoms with E-state index in [1.165, 1.54) is 28.4 Å². The molecule has 1 nitrogen and oxygen atoms in total. The summed E-state index contributed by atoms with van der Waals surface area (Å²) in [6.07, 6.45) is 1.25. The second-order valence-electron chi connectivity index (χ2n) is 4.24. The van der Waals surface area contributed by atoms with Gasteiger partial charge in [-0.2, -0.15) is 11.8 Å². The average Bonchev–Trinajstić information content (AvgIpc) is 2.68. The van der Waals surface area contributed by atoms with Crippen molar-refractivity contribution in [1.29, 1.82) is 0 Å². The number of likely N-dealkylation sites (N-methyl/N-ethyl adjacent to an activating group) is 1. The molecule has 2 rings (SSSR count). The topological polar surface area (TPSA) is 12.0 Å². The highest BCUT2D eigenvalue weighted by molar-refractivity contribution is 7.98. The zero-order chi connectivity index (χ0) is 11.5. The highest BCUT2D eigenvalue weighted by Crippen LogP contribution is 2.36. The molecule has 1 aromatic heterocycles. The van der Waals surface area contributed by atoms with E-state index in [2.05, 4.69) is 31.8 Å². The molecule has 0 bridgehead atoms. The van der Waals surface area contributed by atoms with Gasteiger partial charge in [-0.05, 0) is 37.3 Å². The molecule has 0 radical (unpaired) electrons. The lowest BCUT2D eigenvalue weighted by atomic mass is 10.1. The molecule has 88 valence electrons. The molecule has 16 heavy (non-hydrogen) atoms. The molecule has 3 heteroatoms. The van der Waals surface area contributed by atoms with Crippen LogP contribution in [0, 0.1) is 0 Å². The van der Waals surface area contributed by atoms with Crippen LogP contribution in [0.15, 0.2) is 18.2 Å². The lowest BCUT2D eigenvalue weighted by Crippen LogP contribution is -2.20. The van der Waals surface area contributed by atoms with Gasteiger partial charge in [-0.15, -0.1) is 11.3 Å². The van der Waals surface area contributed by atoms with Crippen LogP contribution in [0.4, 0.5) is 0 Å². The summed E-state index contributed by atoms with van der Waals surface area (Å²) in [4.78, 5) is 3.04. The first-order valence-corrected chi connectivity index (χ1v) is 7.77. The lowest BCUT2D eigenvalue weighted by Gasteiger charge is -2.15. The summed E-state index contributed by atoms with van der Waals surface area (Å²) >= 11 is 4.02. The molecule has 1 unspecified atom stereocenters. The normalized spacial score (nSPS) is 16.9. The third-order valence-electron chi connectivity index (χ3n) is 2.83. The fourth-order valence-corrected chi connectivity index (χ4v) is 4.58. The summed E-state index contributed by atoms with van der Waals surface area (Å²) < 4.78 is 0. The Morgan fingerprint density at radius 2 is 2.44 bits per heavy atom. The first-order valence-electron chi connectivity index (χ1n) is 5.80. The van der Waals surface area contributed by atoms with E-state index < -0.39 is 0 Å². The average molecular weight is 253 g/mol. The maximum absolute atomic E-state index is 4.10. The van der Waals surface area contributed by atoms with Gasteiger partial charge >= 0.3 is 0 Å². The Hall–Kier alpha value is -0.250. The van der Waals surface area contributed by atoms with Crippen molar-refractivity contribution in [2.24, 2.45) is 0 Å². The molecule has 0 fully saturated rings. The Morgan fingerprint density at radius 1 is 1.62 bits per heavy atom. The van der Waals surface area contributed by atoms with Gasteiger partial charge in [0.05, 0.1) is 6.04 Å². The Morgan fingerprint density at radius 3 is 3.06 bits per heavy atom. The first kappa shape index (κ1) is 12.2. The van der Waals surface area contributed by atoms with Crippen LogP contribution < -0.4 is 5.32 Å². The maximum atomic E-state index is 4.10. The van der Waals surface area contributed by atoms with E-state index in [0.29, 0.717) is 6.04 Å². The molecule has 1 aliphatic rings. The zero-order valence-corrected chi connectivity index (χ0v) is 11.6. The van der Waals surface area contributed by atoms with Crippen molar-refractivity contribution < 1.29 is 0 Å². The van der Waals surface area contributed by atoms with Gasteiger partial charge in [0.15, 0.2) is 0 Å². The van der Waals surface area contributed by atoms with Gasteiger partial charge in [-0.25, -0.2) is 0 Å². The molecule has 0 amide bonds. The third-order valence-corrected chi connectivity index (χ3v) is 5.14. The van der Waals surface area contributed by atoms with E-state index in [9.17, 15) is 0 Å². The highest BCUT2D eigenvalue weighted by Gasteiger charge is 2.19. The van der Waals surface area contributed by atoms with Gasteiger partial charge in [0.2, 0.25) is 0 Å². The highest BCUT2D eigenvalue weighted by atomic mass is 32.2. The molecule has 0 aliphatic carbocycles. The van der Waals surface area contributed by atoms with Gasteiger partial charge in [-0.1, -0.05) is 19.1 Å². The number of hydrogen-bond acceptors (Lipinski definition) is 3. The summed E-state index contributed by atoms with van der Waals surface area (Å²) in [5, 5.41) is 3.51. The van der Waals surface area contributed by atoms with Gasteiger partial charge in [0.25, 0.3) is 0 Å². The fourth-order valence-electron chi connectivity index (χ4n) is 2.03. The van der Waals surface area contributed by atoms with E-state index in [-0.39, 0.29) is 0 Å². The molecule has 0 aromatic carbocycles. The summed E-state index contributed by atoms with van der Waals surface area (Å²) in [5.41, 5.74) is 2.77. The largest absolute Gasteiger partial charge is 0.306 e. The van der Waals surface area contributed by atoms with Crippen molar-refractivity contribution in [1.82, 2.24) is 5.32 Å². The molecule has 1 atom stereocenters. The van der Waals surface area contributed by atoms with E-state index in [1.807, 2.05) is 23.1 Å². The molecule has 1 N–H and O–H groups in total. The molecule has 2 heterocycles. The maximum Gasteiger partial charge on any atom is 0.0625 e. The number of fused-ring (bicyclic) bond motifs is 1. The quantitative estimate of drug-likeness (QED) is 0.820. The van der Waals surface area contributed by atoms with Crippen LogP contribution in [0.1, 0.15) is 35.2 Å². The number of nitrogens with one attached hydrogen (secondary N) is 1. The molecule has 0 saturated carbocycles. The molecule has 1 aliphatic heterocycles. The van der Waals surface area contributed by atoms with Crippen LogP contribution in [0.3, 0.4) is 0 Å². The van der Waals surface area contributed by atoms with Crippen molar-refractivity contribution in [3.63, 3.8) is 0 Å². The molecule has 1 aromatic rings. The Kier molecular flexibility index (Phi) is 4.11. The first-order chi connectivity index (χ1) is 7.72. The van der Waals surface area contributed by atoms with E-state index in [4.69, 9.17) is 0 Å². The standard InChI is InChI=1S/C13H19NS2/c1-4-14-13(9(2)3)12-7-10-8-15-6-5-11(10)16-12/h7,13-14H,2,4-6,8H2,1,3H3. The number of thioether (sulfide) groups is 1. The van der Waals surface area contributed by atoms with Crippen LogP contribution in [0.2, 0.25) is 0 Å². The van der Waals surface area contributed by atoms with Gasteiger partial charge in [-0.3, -0.25) is 0 Å². The molecule has 0 saturated heterocycles. The molecule has 0 spiro atoms. The number of rotatable bonds is 4. The molecular weight excluding hydrogens is 234 g/mol. The smallest absolute Gasteiger partial charge is 0.0625 e. The number of thiophene rings is 1. The fraction of sp³-hybridized carbons (Fsp3) is 0.538. The third kappa shape index (κ3) is 2.53. The molecular formula is C13H19NS2. The minimum atomic E-state index is 0.352. The van der Waals surface area contributed by atoms with Crippen molar-refractivity contribution in [2.75, 3.05) is 12.3 Å². The Labute approximate surface area is 106 Å². The number of aryl methyl sites for hydroxylation is 1. The summed E-state index contributed by atoms with van der Waals surface area (Å²) in [6, 6.07) is 2.74. The predicted molar refractivity (Wildman–Crippen MR) is 75.4 cm³/mol. The minimum absolute atomic E-state index is 0.352. The van der Waals surface area contributed by atoms with Crippen molar-refractivity contribution >= 4 is 23.1 Å². The monoisotopic (exact) mass is 253 g/mol. The SMILES string of the molecule is C=C(C)C(NCC)c1cc2c(s1)CCSC2. The van der Waals surface area contributed by atoms with E-state index in [0.717, 1.165) is 6.54 Å². The van der Waals surface area contributed by atoms with Gasteiger partial charge in [0.1, 0.15) is 0 Å². The number of hydrogen-bond donors (Lipinski definition) is 1. The van der Waals surface area contributed by atoms with Crippen LogP contribution in [-0.2, 0) is 12.2 Å². The van der Waals surface area contributed by atoms with E-state index >= 15 is 0 Å². The predicted octanol–water partition coefficient (Wildman–Crippen LogP) is 3.76. The van der Waals surface area contributed by atoms with Gasteiger partial charge < -0.3 is 5.32 Å². The Bertz CT molecular complexity index is 358. The van der Waals surface area contributed by atoms with Crippen LogP contribution in [0.5, 0.6) is 0 Å². The summed E-state index contributed by atoms with van der Waals surface area (Å²) in [5.74, 6) is 2.48. The van der Waals surface area contributed by atoms with Crippen molar-refractivity contribution in [3.8, 4) is 0 Å². The van der Waals surface area contributed by atoms with Gasteiger partial charge in [0, 0.05) is 15.5 Å². The summed E-state index contributed by atoms with van der Waals surface area (Å²) in [7, 11) is 0. The second kappa shape index (κ2) is 5.39. The van der Waals surface area contributed by atoms with Crippen LogP contribution >= 0.6 is 23.1 Å². The van der Waals surface area contributed by atoms with Crippen molar-refractivity contribution in [2.45, 2.75) is 32.1 Å². The van der Waals surface area contributed by atoms with E-state index in [1.54, 1.807) is 10.4 Å². The van der Waals surface area contributed by atoms with Crippen LogP contribution in [0.25, 0.3) is 0 Å². The second-order valence-corrected chi connectivity index (χ2v) is 6.51. The zero-order valence-electron chi connectivity index (χ0n) is 10.0. The Balaban J connectivity index is 2.24. The lowest BCUT2D eigenvalue weighted by molar-refractivity contribution is 0.630. The summed E-state index contributed by atoms with van der Waals surface area (Å²) in [6.45, 7) is 9.35. The van der Waals surface area contributed by atoms with Crippen LogP contribution in [-0.4, -0.2) is 12.3 Å². The minimum Gasteiger partial charge on any atom is -0.306 e. The van der Waals surface area contributed by atoms with Crippen molar-refractivity contribution in [3.05, 3.63) is 33.5 Å².